The Labute approximate surface area is 100 Å². The summed E-state index contributed by atoms with van der Waals surface area (Å²) in [5.41, 5.74) is 0. The van der Waals surface area contributed by atoms with E-state index in [1.165, 1.54) is 24.3 Å². The zero-order chi connectivity index (χ0) is 11.8. The normalized spacial score (nSPS) is 17.0. The smallest absolute Gasteiger partial charge is 0.303 e. The molecule has 0 radical (unpaired) electrons. The zero-order valence-corrected chi connectivity index (χ0v) is 10.2. The van der Waals surface area contributed by atoms with Crippen LogP contribution in [0.5, 0.6) is 0 Å². The Balaban J connectivity index is 2.02. The largest absolute Gasteiger partial charge is 0.481 e. The molecule has 0 atom stereocenters. The van der Waals surface area contributed by atoms with Crippen molar-refractivity contribution in [1.29, 1.82) is 0 Å². The first kappa shape index (κ1) is 13.4. The number of rotatable bonds is 6. The van der Waals surface area contributed by atoms with E-state index < -0.39 is 5.97 Å². The molecule has 1 rings (SSSR count). The standard InChI is InChI=1S/C11H19NO3S/c13-10(2-1-3-11(14)15)12-8-9-4-6-16-7-5-9/h9H,1-8H2,(H,12,13)(H,14,15). The van der Waals surface area contributed by atoms with Gasteiger partial charge in [0.25, 0.3) is 0 Å². The number of hydrogen-bond acceptors (Lipinski definition) is 3. The van der Waals surface area contributed by atoms with E-state index >= 15 is 0 Å². The van der Waals surface area contributed by atoms with Gasteiger partial charge in [-0.05, 0) is 36.7 Å². The number of carbonyl (C=O) groups excluding carboxylic acids is 1. The SMILES string of the molecule is O=C(O)CCCC(=O)NCC1CCSCC1. The molecule has 16 heavy (non-hydrogen) atoms. The van der Waals surface area contributed by atoms with E-state index in [-0.39, 0.29) is 12.3 Å². The molecule has 0 aromatic heterocycles. The van der Waals surface area contributed by atoms with Crippen LogP contribution >= 0.6 is 11.8 Å². The summed E-state index contributed by atoms with van der Waals surface area (Å²) < 4.78 is 0. The number of carboxylic acids is 1. The third kappa shape index (κ3) is 6.00. The average Bonchev–Trinajstić information content (AvgIpc) is 2.27. The van der Waals surface area contributed by atoms with E-state index in [9.17, 15) is 9.59 Å². The summed E-state index contributed by atoms with van der Waals surface area (Å²) in [4.78, 5) is 21.6. The van der Waals surface area contributed by atoms with Crippen molar-refractivity contribution >= 4 is 23.6 Å². The van der Waals surface area contributed by atoms with Crippen molar-refractivity contribution in [2.24, 2.45) is 5.92 Å². The van der Waals surface area contributed by atoms with E-state index in [0.29, 0.717) is 18.8 Å². The molecule has 1 aliphatic rings. The molecule has 1 fully saturated rings. The summed E-state index contributed by atoms with van der Waals surface area (Å²) in [6.45, 7) is 0.756. The van der Waals surface area contributed by atoms with Crippen molar-refractivity contribution in [3.05, 3.63) is 0 Å². The molecule has 1 amide bonds. The quantitative estimate of drug-likeness (QED) is 0.744. The zero-order valence-electron chi connectivity index (χ0n) is 9.41. The van der Waals surface area contributed by atoms with Crippen LogP contribution in [-0.2, 0) is 9.59 Å². The summed E-state index contributed by atoms with van der Waals surface area (Å²) in [6.07, 6.45) is 3.20. The topological polar surface area (TPSA) is 66.4 Å². The first-order chi connectivity index (χ1) is 7.68. The second-order valence-corrected chi connectivity index (χ2v) is 5.33. The highest BCUT2D eigenvalue weighted by Gasteiger charge is 2.14. The highest BCUT2D eigenvalue weighted by molar-refractivity contribution is 7.99. The minimum Gasteiger partial charge on any atom is -0.481 e. The number of amides is 1. The van der Waals surface area contributed by atoms with Gasteiger partial charge in [-0.25, -0.2) is 0 Å². The van der Waals surface area contributed by atoms with Crippen LogP contribution < -0.4 is 5.32 Å². The lowest BCUT2D eigenvalue weighted by molar-refractivity contribution is -0.137. The minimum atomic E-state index is -0.836. The van der Waals surface area contributed by atoms with Gasteiger partial charge >= 0.3 is 5.97 Å². The van der Waals surface area contributed by atoms with Crippen LogP contribution in [0.4, 0.5) is 0 Å². The molecular weight excluding hydrogens is 226 g/mol. The number of carbonyl (C=O) groups is 2. The predicted molar refractivity (Wildman–Crippen MR) is 64.5 cm³/mol. The van der Waals surface area contributed by atoms with Gasteiger partial charge in [0.2, 0.25) is 5.91 Å². The molecule has 0 unspecified atom stereocenters. The van der Waals surface area contributed by atoms with Gasteiger partial charge in [0.15, 0.2) is 0 Å². The van der Waals surface area contributed by atoms with Gasteiger partial charge in [-0.2, -0.15) is 11.8 Å². The Morgan fingerprint density at radius 3 is 2.56 bits per heavy atom. The van der Waals surface area contributed by atoms with E-state index in [1.807, 2.05) is 11.8 Å². The number of nitrogens with one attached hydrogen (secondary N) is 1. The molecule has 1 aliphatic heterocycles. The van der Waals surface area contributed by atoms with Crippen molar-refractivity contribution in [2.75, 3.05) is 18.1 Å². The van der Waals surface area contributed by atoms with Crippen molar-refractivity contribution in [3.63, 3.8) is 0 Å². The molecule has 5 heteroatoms. The summed E-state index contributed by atoms with van der Waals surface area (Å²) in [6, 6.07) is 0. The van der Waals surface area contributed by atoms with Gasteiger partial charge in [0, 0.05) is 19.4 Å². The Morgan fingerprint density at radius 1 is 1.25 bits per heavy atom. The fourth-order valence-corrected chi connectivity index (χ4v) is 2.90. The summed E-state index contributed by atoms with van der Waals surface area (Å²) in [5, 5.41) is 11.3. The van der Waals surface area contributed by atoms with Gasteiger partial charge in [0.1, 0.15) is 0 Å². The fourth-order valence-electron chi connectivity index (χ4n) is 1.70. The van der Waals surface area contributed by atoms with E-state index in [1.54, 1.807) is 0 Å². The highest BCUT2D eigenvalue weighted by Crippen LogP contribution is 2.21. The van der Waals surface area contributed by atoms with Gasteiger partial charge in [-0.3, -0.25) is 9.59 Å². The van der Waals surface area contributed by atoms with E-state index in [4.69, 9.17) is 5.11 Å². The lowest BCUT2D eigenvalue weighted by Gasteiger charge is -2.21. The summed E-state index contributed by atoms with van der Waals surface area (Å²) >= 11 is 1.97. The van der Waals surface area contributed by atoms with Crippen molar-refractivity contribution < 1.29 is 14.7 Å². The number of carboxylic acid groups (broad SMARTS) is 1. The molecule has 0 aromatic rings. The van der Waals surface area contributed by atoms with Crippen LogP contribution in [0.3, 0.4) is 0 Å². The first-order valence-corrected chi connectivity index (χ1v) is 6.90. The molecule has 0 saturated carbocycles. The van der Waals surface area contributed by atoms with E-state index in [0.717, 1.165) is 6.54 Å². The molecule has 1 heterocycles. The maximum Gasteiger partial charge on any atom is 0.303 e. The monoisotopic (exact) mass is 245 g/mol. The van der Waals surface area contributed by atoms with Crippen LogP contribution in [0.15, 0.2) is 0 Å². The third-order valence-corrected chi connectivity index (χ3v) is 3.77. The molecule has 0 bridgehead atoms. The number of thioether (sulfide) groups is 1. The van der Waals surface area contributed by atoms with Crippen LogP contribution in [0.25, 0.3) is 0 Å². The summed E-state index contributed by atoms with van der Waals surface area (Å²) in [7, 11) is 0. The molecule has 0 aromatic carbocycles. The Kier molecular flexibility index (Phi) is 6.30. The molecule has 92 valence electrons. The Bertz CT molecular complexity index is 239. The molecule has 0 spiro atoms. The molecule has 4 nitrogen and oxygen atoms in total. The van der Waals surface area contributed by atoms with Gasteiger partial charge in [-0.1, -0.05) is 0 Å². The van der Waals surface area contributed by atoms with Crippen LogP contribution in [0.2, 0.25) is 0 Å². The van der Waals surface area contributed by atoms with E-state index in [2.05, 4.69) is 5.32 Å². The molecule has 1 saturated heterocycles. The maximum absolute atomic E-state index is 11.4. The number of hydrogen-bond donors (Lipinski definition) is 2. The second kappa shape index (κ2) is 7.54. The van der Waals surface area contributed by atoms with Crippen LogP contribution in [-0.4, -0.2) is 35.0 Å². The first-order valence-electron chi connectivity index (χ1n) is 5.74. The minimum absolute atomic E-state index is 0.0144. The number of aliphatic carboxylic acids is 1. The van der Waals surface area contributed by atoms with Crippen molar-refractivity contribution in [1.82, 2.24) is 5.32 Å². The second-order valence-electron chi connectivity index (χ2n) is 4.11. The lowest BCUT2D eigenvalue weighted by atomic mass is 10.0. The van der Waals surface area contributed by atoms with Crippen molar-refractivity contribution in [3.8, 4) is 0 Å². The van der Waals surface area contributed by atoms with Gasteiger partial charge in [0.05, 0.1) is 0 Å². The molecule has 2 N–H and O–H groups in total. The lowest BCUT2D eigenvalue weighted by Crippen LogP contribution is -2.30. The predicted octanol–water partition coefficient (Wildman–Crippen LogP) is 1.50. The van der Waals surface area contributed by atoms with Gasteiger partial charge < -0.3 is 10.4 Å². The third-order valence-electron chi connectivity index (χ3n) is 2.72. The van der Waals surface area contributed by atoms with Crippen molar-refractivity contribution in [2.45, 2.75) is 32.1 Å². The highest BCUT2D eigenvalue weighted by atomic mass is 32.2. The summed E-state index contributed by atoms with van der Waals surface area (Å²) in [5.74, 6) is 2.15. The maximum atomic E-state index is 11.4. The van der Waals surface area contributed by atoms with Crippen LogP contribution in [0, 0.1) is 5.92 Å². The average molecular weight is 245 g/mol. The molecular formula is C11H19NO3S. The Hall–Kier alpha value is -0.710. The van der Waals surface area contributed by atoms with Gasteiger partial charge in [-0.15, -0.1) is 0 Å². The Morgan fingerprint density at radius 2 is 1.94 bits per heavy atom. The fraction of sp³-hybridized carbons (Fsp3) is 0.818. The van der Waals surface area contributed by atoms with Crippen LogP contribution in [0.1, 0.15) is 32.1 Å². The molecule has 0 aliphatic carbocycles.